The van der Waals surface area contributed by atoms with Crippen molar-refractivity contribution in [2.45, 2.75) is 26.2 Å². The summed E-state index contributed by atoms with van der Waals surface area (Å²) in [5, 5.41) is 9.75. The Bertz CT molecular complexity index is 6580. The van der Waals surface area contributed by atoms with Crippen LogP contribution in [0.15, 0.2) is 279 Å². The van der Waals surface area contributed by atoms with E-state index in [4.69, 9.17) is 6.85 Å². The highest BCUT2D eigenvalue weighted by Gasteiger charge is 2.45. The second kappa shape index (κ2) is 17.8. The van der Waals surface area contributed by atoms with Crippen LogP contribution in [0.25, 0.3) is 137 Å². The molecule has 406 valence electrons. The first-order chi connectivity index (χ1) is 48.2. The second-order valence-electron chi connectivity index (χ2n) is 24.2. The number of hydrogen-bond acceptors (Lipinski definition) is 1. The molecule has 0 unspecified atom stereocenters. The van der Waals surface area contributed by atoms with Crippen molar-refractivity contribution >= 4 is 143 Å². The van der Waals surface area contributed by atoms with E-state index >= 15 is 0 Å². The minimum Gasteiger partial charge on any atom is -0.311 e. The molecule has 0 atom stereocenters. The van der Waals surface area contributed by atoms with Crippen LogP contribution in [0.2, 0.25) is 0 Å². The van der Waals surface area contributed by atoms with E-state index in [1.165, 1.54) is 0 Å². The summed E-state index contributed by atoms with van der Waals surface area (Å²) in [7, 11) is 0. The van der Waals surface area contributed by atoms with Crippen LogP contribution in [-0.4, -0.2) is 20.2 Å². The van der Waals surface area contributed by atoms with Crippen molar-refractivity contribution < 1.29 is 17.8 Å². The van der Waals surface area contributed by atoms with Gasteiger partial charge < -0.3 is 18.4 Å². The molecule has 2 aliphatic rings. The fourth-order valence-electron chi connectivity index (χ4n) is 14.9. The van der Waals surface area contributed by atoms with Crippen molar-refractivity contribution in [1.29, 1.82) is 0 Å². The van der Waals surface area contributed by atoms with Gasteiger partial charge in [-0.15, -0.1) is 0 Å². The maximum atomic E-state index is 9.77. The van der Waals surface area contributed by atoms with E-state index < -0.39 is 73.2 Å². The van der Waals surface area contributed by atoms with Gasteiger partial charge in [0.25, 0.3) is 6.71 Å². The van der Waals surface area contributed by atoms with Gasteiger partial charge in [0.2, 0.25) is 0 Å². The summed E-state index contributed by atoms with van der Waals surface area (Å²) in [6.07, 6.45) is 0. The Balaban J connectivity index is 1.07. The Morgan fingerprint density at radius 1 is 0.345 bits per heavy atom. The van der Waals surface area contributed by atoms with Gasteiger partial charge in [0, 0.05) is 71.4 Å². The van der Waals surface area contributed by atoms with Crippen LogP contribution in [-0.2, 0) is 5.41 Å². The number of hydrogen-bond donors (Lipinski definition) is 0. The molecule has 87 heavy (non-hydrogen) atoms. The summed E-state index contributed by atoms with van der Waals surface area (Å²) in [5.41, 5.74) is 13.7. The van der Waals surface area contributed by atoms with E-state index in [1.807, 2.05) is 48.5 Å². The van der Waals surface area contributed by atoms with E-state index in [1.54, 1.807) is 4.57 Å². The van der Waals surface area contributed by atoms with Gasteiger partial charge in [0.15, 0.2) is 0 Å². The quantitative estimate of drug-likeness (QED) is 0.161. The molecular formula is C82H55BN4. The molecule has 2 aliphatic heterocycles. The summed E-state index contributed by atoms with van der Waals surface area (Å²) in [4.78, 5) is 2.30. The molecule has 0 saturated carbocycles. The van der Waals surface area contributed by atoms with E-state index in [0.29, 0.717) is 16.9 Å². The van der Waals surface area contributed by atoms with Crippen molar-refractivity contribution in [2.24, 2.45) is 0 Å². The van der Waals surface area contributed by atoms with Crippen molar-refractivity contribution in [1.82, 2.24) is 13.5 Å². The first-order valence-corrected chi connectivity index (χ1v) is 29.5. The predicted molar refractivity (Wildman–Crippen MR) is 371 cm³/mol. The monoisotopic (exact) mass is 1120 g/mol. The first-order valence-electron chi connectivity index (χ1n) is 36.0. The van der Waals surface area contributed by atoms with Crippen molar-refractivity contribution in [2.75, 3.05) is 4.90 Å². The van der Waals surface area contributed by atoms with Crippen LogP contribution in [0.1, 0.15) is 44.2 Å². The number of nitrogens with zero attached hydrogens (tertiary/aromatic N) is 4. The van der Waals surface area contributed by atoms with Crippen LogP contribution in [0, 0.1) is 0 Å². The van der Waals surface area contributed by atoms with Crippen molar-refractivity contribution in [3.8, 4) is 33.6 Å². The standard InChI is InChI=1S/C82H55BN4/c1-82(2,3)54-40-44-73-66(46-54)67-47-56(84-70-34-17-15-30-62(70)63-31-16-18-35-71(63)84)48-69-80(67)87(73)76-49-75-77(65-33-20-32-64-60-28-13-11-26-58(60)57-25-10-12-27-59(57)61-29-14-19-36-72(61)86(75)79(64)65)81-78(76)83(69)68-43-39-53(51-23-8-5-9-24-51)45-74(68)85(81)55-41-37-52(38-42-55)50-21-6-4-7-22-50/h4-49H,1-3H3/i5D,8D,9D,15D,16D,17D,18D,23D,24D,30D,31D,34D,35D. The van der Waals surface area contributed by atoms with Crippen LogP contribution in [0.5, 0.6) is 0 Å². The third-order valence-corrected chi connectivity index (χ3v) is 18.6. The fraction of sp³-hybridized carbons (Fsp3) is 0.0488. The lowest BCUT2D eigenvalue weighted by Gasteiger charge is -2.41. The van der Waals surface area contributed by atoms with Crippen LogP contribution in [0.4, 0.5) is 17.1 Å². The highest BCUT2D eigenvalue weighted by Crippen LogP contribution is 2.51. The van der Waals surface area contributed by atoms with Crippen LogP contribution >= 0.6 is 0 Å². The summed E-state index contributed by atoms with van der Waals surface area (Å²) in [6.45, 7) is 5.81. The molecule has 6 heterocycles. The second-order valence-corrected chi connectivity index (χ2v) is 24.2. The van der Waals surface area contributed by atoms with Gasteiger partial charge in [-0.2, -0.15) is 0 Å². The number of aromatic nitrogens is 3. The maximum absolute atomic E-state index is 9.77. The zero-order valence-corrected chi connectivity index (χ0v) is 47.4. The minimum atomic E-state index is -0.712. The lowest BCUT2D eigenvalue weighted by Crippen LogP contribution is -2.60. The minimum absolute atomic E-state index is 0.00374. The average molecular weight is 1120 g/mol. The molecule has 0 amide bonds. The molecular weight excluding hydrogens is 1050 g/mol. The molecule has 0 spiro atoms. The van der Waals surface area contributed by atoms with E-state index in [2.05, 4.69) is 186 Å². The third kappa shape index (κ3) is 6.74. The Hall–Kier alpha value is -10.9. The van der Waals surface area contributed by atoms with E-state index in [0.717, 1.165) is 132 Å². The van der Waals surface area contributed by atoms with Gasteiger partial charge in [0.05, 0.1) is 56.6 Å². The van der Waals surface area contributed by atoms with Gasteiger partial charge in [-0.05, 0) is 138 Å². The average Bonchev–Trinajstić information content (AvgIpc) is 1.42. The highest BCUT2D eigenvalue weighted by molar-refractivity contribution is 7.00. The van der Waals surface area contributed by atoms with Crippen LogP contribution in [0.3, 0.4) is 0 Å². The molecule has 5 heteroatoms. The van der Waals surface area contributed by atoms with Gasteiger partial charge in [-0.3, -0.25) is 0 Å². The summed E-state index contributed by atoms with van der Waals surface area (Å²) in [5.74, 6) is 0. The maximum Gasteiger partial charge on any atom is 0.252 e. The predicted octanol–water partition coefficient (Wildman–Crippen LogP) is 19.7. The molecule has 4 nitrogen and oxygen atoms in total. The lowest BCUT2D eigenvalue weighted by molar-refractivity contribution is 0.591. The Morgan fingerprint density at radius 3 is 1.68 bits per heavy atom. The molecule has 0 saturated heterocycles. The fourth-order valence-corrected chi connectivity index (χ4v) is 14.9. The van der Waals surface area contributed by atoms with E-state index in [9.17, 15) is 11.0 Å². The number of benzene rings is 13. The SMILES string of the molecule is [2H]c1c([2H])c([2H])c(-c2ccc3c(c2)N(c2ccc(-c4ccccc4)cc2)c2c4c(cc5c2c2cccc6c7ccccc7c7ccccc7c7ccccc7n5c62)-n2c5ccc(C(C)(C)C)cc5c5cc(-n6c7c([2H])c([2H])c([2H])c([2H])c7c7c([2H])c([2H])c([2H])c([2H])c76)cc(c52)B34)c([2H])c1[2H]. The van der Waals surface area contributed by atoms with Gasteiger partial charge in [-0.25, -0.2) is 0 Å². The van der Waals surface area contributed by atoms with Crippen molar-refractivity contribution in [3.05, 3.63) is 284 Å². The lowest BCUT2D eigenvalue weighted by atomic mass is 9.33. The number of rotatable bonds is 4. The van der Waals surface area contributed by atoms with E-state index in [-0.39, 0.29) is 44.9 Å². The highest BCUT2D eigenvalue weighted by atomic mass is 15.2. The third-order valence-electron chi connectivity index (χ3n) is 18.6. The topological polar surface area (TPSA) is 17.5 Å². The molecule has 0 aliphatic carbocycles. The number of para-hydroxylation sites is 4. The van der Waals surface area contributed by atoms with Crippen LogP contribution < -0.4 is 21.3 Å². The number of anilines is 3. The summed E-state index contributed by atoms with van der Waals surface area (Å²) in [6, 6.07) is 63.9. The smallest absolute Gasteiger partial charge is 0.252 e. The molecule has 0 radical (unpaired) electrons. The summed E-state index contributed by atoms with van der Waals surface area (Å²) < 4.78 is 127. The zero-order chi connectivity index (χ0) is 68.7. The molecule has 17 aromatic rings. The normalized spacial score (nSPS) is 15.0. The zero-order valence-electron chi connectivity index (χ0n) is 60.4. The molecule has 0 N–H and O–H groups in total. The molecule has 0 fully saturated rings. The van der Waals surface area contributed by atoms with Gasteiger partial charge in [0.1, 0.15) is 0 Å². The Kier molecular flexibility index (Phi) is 7.68. The van der Waals surface area contributed by atoms with Gasteiger partial charge in [-0.1, -0.05) is 233 Å². The Labute approximate surface area is 521 Å². The Morgan fingerprint density at radius 2 is 0.954 bits per heavy atom. The molecule has 4 aromatic heterocycles. The first kappa shape index (κ1) is 37.4. The molecule has 0 bridgehead atoms. The van der Waals surface area contributed by atoms with Crippen molar-refractivity contribution in [3.63, 3.8) is 0 Å². The molecule has 19 rings (SSSR count). The van der Waals surface area contributed by atoms with Gasteiger partial charge >= 0.3 is 0 Å². The summed E-state index contributed by atoms with van der Waals surface area (Å²) >= 11 is 0. The number of fused-ring (bicyclic) bond motifs is 21. The molecule has 13 aromatic carbocycles. The largest absolute Gasteiger partial charge is 0.311 e.